The molecule has 0 aliphatic heterocycles. The van der Waals surface area contributed by atoms with E-state index in [1.807, 2.05) is 52.0 Å². The van der Waals surface area contributed by atoms with Crippen LogP contribution in [0.4, 0.5) is 0 Å². The third-order valence-corrected chi connectivity index (χ3v) is 4.04. The topological polar surface area (TPSA) is 79.8 Å². The summed E-state index contributed by atoms with van der Waals surface area (Å²) >= 11 is 0. The number of hydrogen-bond acceptors (Lipinski definition) is 3. The van der Waals surface area contributed by atoms with Gasteiger partial charge in [-0.15, -0.1) is 0 Å². The van der Waals surface area contributed by atoms with Crippen LogP contribution in [0.3, 0.4) is 0 Å². The maximum absolute atomic E-state index is 12.4. The number of aromatic nitrogens is 3. The van der Waals surface area contributed by atoms with Gasteiger partial charge in [-0.1, -0.05) is 32.0 Å². The SMILES string of the molecule is CCn1c(=O)c2c(C)[nH]nc2c2ccccc21.CNC(=O)CC(C)C. The van der Waals surface area contributed by atoms with Crippen molar-refractivity contribution in [2.75, 3.05) is 7.05 Å². The van der Waals surface area contributed by atoms with Crippen LogP contribution in [0.15, 0.2) is 29.1 Å². The van der Waals surface area contributed by atoms with Crippen molar-refractivity contribution in [1.29, 1.82) is 0 Å². The molecule has 1 amide bonds. The fourth-order valence-electron chi connectivity index (χ4n) is 2.83. The highest BCUT2D eigenvalue weighted by Crippen LogP contribution is 2.22. The van der Waals surface area contributed by atoms with Gasteiger partial charge in [0.25, 0.3) is 5.56 Å². The standard InChI is InChI=1S/C13H13N3O.C6H13NO/c1-3-16-10-7-5-4-6-9(10)12-11(13(16)17)8(2)14-15-12;1-5(2)4-6(8)7-3/h4-7H,3H2,1-2H3,(H,14,15);5H,4H2,1-3H3,(H,7,8). The van der Waals surface area contributed by atoms with E-state index in [4.69, 9.17) is 0 Å². The molecular formula is C19H26N4O2. The number of fused-ring (bicyclic) bond motifs is 3. The van der Waals surface area contributed by atoms with E-state index in [0.717, 1.165) is 22.1 Å². The highest BCUT2D eigenvalue weighted by molar-refractivity contribution is 6.03. The zero-order chi connectivity index (χ0) is 18.6. The first-order valence-corrected chi connectivity index (χ1v) is 8.57. The number of nitrogens with zero attached hydrogens (tertiary/aromatic N) is 2. The van der Waals surface area contributed by atoms with E-state index in [0.29, 0.717) is 24.3 Å². The highest BCUT2D eigenvalue weighted by Gasteiger charge is 2.13. The van der Waals surface area contributed by atoms with Gasteiger partial charge in [0, 0.05) is 31.1 Å². The molecule has 6 heteroatoms. The van der Waals surface area contributed by atoms with Crippen LogP contribution in [0.1, 0.15) is 32.9 Å². The smallest absolute Gasteiger partial charge is 0.262 e. The van der Waals surface area contributed by atoms with Crippen molar-refractivity contribution in [3.05, 3.63) is 40.3 Å². The highest BCUT2D eigenvalue weighted by atomic mass is 16.1. The van der Waals surface area contributed by atoms with Gasteiger partial charge < -0.3 is 9.88 Å². The van der Waals surface area contributed by atoms with E-state index in [-0.39, 0.29) is 11.5 Å². The Hall–Kier alpha value is -2.63. The van der Waals surface area contributed by atoms with Gasteiger partial charge in [-0.3, -0.25) is 14.7 Å². The predicted octanol–water partition coefficient (Wildman–Crippen LogP) is 2.98. The van der Waals surface area contributed by atoms with Crippen LogP contribution in [0.2, 0.25) is 0 Å². The lowest BCUT2D eigenvalue weighted by Crippen LogP contribution is -2.19. The van der Waals surface area contributed by atoms with Crippen molar-refractivity contribution in [3.8, 4) is 0 Å². The predicted molar refractivity (Wildman–Crippen MR) is 102 cm³/mol. The lowest BCUT2D eigenvalue weighted by Gasteiger charge is -2.08. The Bertz CT molecular complexity index is 938. The van der Waals surface area contributed by atoms with Crippen molar-refractivity contribution in [2.45, 2.75) is 40.7 Å². The average molecular weight is 342 g/mol. The number of benzene rings is 1. The molecule has 3 rings (SSSR count). The van der Waals surface area contributed by atoms with Crippen molar-refractivity contribution >= 4 is 27.7 Å². The number of aromatic amines is 1. The van der Waals surface area contributed by atoms with E-state index in [2.05, 4.69) is 15.5 Å². The van der Waals surface area contributed by atoms with Crippen LogP contribution in [-0.4, -0.2) is 27.7 Å². The minimum atomic E-state index is 0.0347. The number of rotatable bonds is 3. The summed E-state index contributed by atoms with van der Waals surface area (Å²) in [5.41, 5.74) is 2.58. The molecule has 0 spiro atoms. The van der Waals surface area contributed by atoms with Gasteiger partial charge in [0.2, 0.25) is 5.91 Å². The third-order valence-electron chi connectivity index (χ3n) is 4.04. The van der Waals surface area contributed by atoms with Crippen LogP contribution in [0, 0.1) is 12.8 Å². The van der Waals surface area contributed by atoms with Gasteiger partial charge in [-0.25, -0.2) is 0 Å². The van der Waals surface area contributed by atoms with E-state index in [1.54, 1.807) is 11.6 Å². The van der Waals surface area contributed by atoms with Gasteiger partial charge in [0.15, 0.2) is 0 Å². The van der Waals surface area contributed by atoms with Crippen LogP contribution < -0.4 is 10.9 Å². The van der Waals surface area contributed by atoms with Crippen molar-refractivity contribution in [2.24, 2.45) is 5.92 Å². The van der Waals surface area contributed by atoms with Crippen LogP contribution >= 0.6 is 0 Å². The largest absolute Gasteiger partial charge is 0.359 e. The number of carbonyl (C=O) groups excluding carboxylic acids is 1. The number of carbonyl (C=O) groups is 1. The van der Waals surface area contributed by atoms with Crippen molar-refractivity contribution in [1.82, 2.24) is 20.1 Å². The molecule has 2 heterocycles. The van der Waals surface area contributed by atoms with Crippen molar-refractivity contribution in [3.63, 3.8) is 0 Å². The lowest BCUT2D eigenvalue weighted by atomic mass is 10.1. The summed E-state index contributed by atoms with van der Waals surface area (Å²) in [5.74, 6) is 0.593. The lowest BCUT2D eigenvalue weighted by molar-refractivity contribution is -0.121. The Morgan fingerprint density at radius 1 is 1.32 bits per heavy atom. The van der Waals surface area contributed by atoms with Gasteiger partial charge >= 0.3 is 0 Å². The molecule has 2 N–H and O–H groups in total. The molecule has 0 atom stereocenters. The molecule has 0 aliphatic rings. The van der Waals surface area contributed by atoms with E-state index >= 15 is 0 Å². The zero-order valence-corrected chi connectivity index (χ0v) is 15.5. The van der Waals surface area contributed by atoms with E-state index in [9.17, 15) is 9.59 Å². The molecule has 2 aromatic heterocycles. The molecule has 0 radical (unpaired) electrons. The van der Waals surface area contributed by atoms with Crippen LogP contribution in [0.25, 0.3) is 21.8 Å². The summed E-state index contributed by atoms with van der Waals surface area (Å²) in [6.45, 7) is 8.57. The Morgan fingerprint density at radius 2 is 2.00 bits per heavy atom. The molecule has 3 aromatic rings. The first-order valence-electron chi connectivity index (χ1n) is 8.57. The van der Waals surface area contributed by atoms with Gasteiger partial charge in [0.1, 0.15) is 5.52 Å². The molecule has 25 heavy (non-hydrogen) atoms. The van der Waals surface area contributed by atoms with E-state index < -0.39 is 0 Å². The number of hydrogen-bond donors (Lipinski definition) is 2. The average Bonchev–Trinajstić information content (AvgIpc) is 2.98. The Kier molecular flexibility index (Phi) is 5.96. The van der Waals surface area contributed by atoms with Gasteiger partial charge in [-0.2, -0.15) is 5.10 Å². The number of H-pyrrole nitrogens is 1. The second kappa shape index (κ2) is 7.96. The van der Waals surface area contributed by atoms with Gasteiger partial charge in [0.05, 0.1) is 10.9 Å². The van der Waals surface area contributed by atoms with Crippen molar-refractivity contribution < 1.29 is 4.79 Å². The molecule has 6 nitrogen and oxygen atoms in total. The maximum atomic E-state index is 12.4. The fourth-order valence-corrected chi connectivity index (χ4v) is 2.83. The third kappa shape index (κ3) is 3.90. The molecule has 0 bridgehead atoms. The quantitative estimate of drug-likeness (QED) is 0.768. The molecular weight excluding hydrogens is 316 g/mol. The molecule has 0 unspecified atom stereocenters. The Balaban J connectivity index is 0.000000242. The number of nitrogens with one attached hydrogen (secondary N) is 2. The number of pyridine rings is 1. The molecule has 0 saturated heterocycles. The molecule has 1 aromatic carbocycles. The van der Waals surface area contributed by atoms with Gasteiger partial charge in [-0.05, 0) is 25.8 Å². The summed E-state index contributed by atoms with van der Waals surface area (Å²) in [7, 11) is 1.66. The molecule has 0 saturated carbocycles. The summed E-state index contributed by atoms with van der Waals surface area (Å²) in [6, 6.07) is 7.88. The summed E-state index contributed by atoms with van der Waals surface area (Å²) < 4.78 is 1.79. The minimum absolute atomic E-state index is 0.0347. The monoisotopic (exact) mass is 342 g/mol. The maximum Gasteiger partial charge on any atom is 0.262 e. The summed E-state index contributed by atoms with van der Waals surface area (Å²) in [5, 5.41) is 11.4. The fraction of sp³-hybridized carbons (Fsp3) is 0.421. The first kappa shape index (κ1) is 18.7. The van der Waals surface area contributed by atoms with Crippen LogP contribution in [0.5, 0.6) is 0 Å². The first-order chi connectivity index (χ1) is 11.9. The minimum Gasteiger partial charge on any atom is -0.359 e. The summed E-state index contributed by atoms with van der Waals surface area (Å²) in [4.78, 5) is 22.9. The molecule has 0 aliphatic carbocycles. The normalized spacial score (nSPS) is 10.8. The zero-order valence-electron chi connectivity index (χ0n) is 15.5. The summed E-state index contributed by atoms with van der Waals surface area (Å²) in [6.07, 6.45) is 0.635. The number of aryl methyl sites for hydroxylation is 2. The Morgan fingerprint density at radius 3 is 2.56 bits per heavy atom. The number of amides is 1. The molecule has 134 valence electrons. The number of para-hydroxylation sites is 1. The molecule has 0 fully saturated rings. The second-order valence-electron chi connectivity index (χ2n) is 6.41. The van der Waals surface area contributed by atoms with Crippen LogP contribution in [-0.2, 0) is 11.3 Å². The van der Waals surface area contributed by atoms with E-state index in [1.165, 1.54) is 0 Å². The second-order valence-corrected chi connectivity index (χ2v) is 6.41. The Labute approximate surface area is 147 Å².